The number of hydrogen-bond donors (Lipinski definition) is 2. The molecule has 0 amide bonds. The van der Waals surface area contributed by atoms with Crippen molar-refractivity contribution >= 4 is 20.8 Å². The van der Waals surface area contributed by atoms with E-state index in [-0.39, 0.29) is 29.6 Å². The molecule has 8 nitrogen and oxygen atoms in total. The first-order valence-corrected chi connectivity index (χ1v) is 8.06. The standard InChI is InChI=1S/C8H18O4S.Na.H2O4S/c1-3-5-6-7-8(4-2)12-13(9,10)11;;1-5(2,3)4/h8H,3-7H2,1-2H3,(H,9,10,11);;(H2,1,2,3,4)/q;+1;/p-1. The molecule has 11 heteroatoms. The quantitative estimate of drug-likeness (QED) is 0.240. The number of unbranched alkanes of at least 4 members (excludes halogenated alkanes) is 2. The zero-order valence-electron chi connectivity index (χ0n) is 11.3. The fourth-order valence-corrected chi connectivity index (χ4v) is 1.67. The molecule has 1 unspecified atom stereocenters. The van der Waals surface area contributed by atoms with Crippen molar-refractivity contribution in [3.05, 3.63) is 0 Å². The minimum absolute atomic E-state index is 0. The van der Waals surface area contributed by atoms with Crippen LogP contribution in [0, 0.1) is 0 Å². The summed E-state index contributed by atoms with van der Waals surface area (Å²) in [5, 5.41) is 0. The first-order chi connectivity index (χ1) is 7.99. The number of rotatable bonds is 7. The second kappa shape index (κ2) is 12.5. The summed E-state index contributed by atoms with van der Waals surface area (Å²) in [7, 11) is -9.19. The molecule has 0 bridgehead atoms. The molecule has 0 aromatic carbocycles. The van der Waals surface area contributed by atoms with E-state index in [1.165, 1.54) is 0 Å². The molecule has 0 fully saturated rings. The summed E-state index contributed by atoms with van der Waals surface area (Å²) in [5.74, 6) is 0. The van der Waals surface area contributed by atoms with Crippen molar-refractivity contribution in [1.82, 2.24) is 0 Å². The van der Waals surface area contributed by atoms with Gasteiger partial charge in [-0.1, -0.05) is 33.1 Å². The Kier molecular flexibility index (Phi) is 16.2. The molecule has 0 aliphatic rings. The molecule has 0 aromatic heterocycles. The van der Waals surface area contributed by atoms with Gasteiger partial charge in [0.2, 0.25) is 10.4 Å². The molecule has 0 spiro atoms. The molecule has 0 radical (unpaired) electrons. The van der Waals surface area contributed by atoms with Crippen LogP contribution >= 0.6 is 0 Å². The van der Waals surface area contributed by atoms with Gasteiger partial charge in [-0.05, 0) is 12.8 Å². The second-order valence-electron chi connectivity index (χ2n) is 3.48. The summed E-state index contributed by atoms with van der Waals surface area (Å²) < 4.78 is 66.7. The summed E-state index contributed by atoms with van der Waals surface area (Å²) in [4.78, 5) is 0. The van der Waals surface area contributed by atoms with Crippen LogP contribution in [0.15, 0.2) is 0 Å². The summed E-state index contributed by atoms with van der Waals surface area (Å²) in [6, 6.07) is 0. The fourth-order valence-electron chi connectivity index (χ4n) is 1.11. The molecule has 0 rings (SSSR count). The van der Waals surface area contributed by atoms with Crippen LogP contribution in [0.1, 0.15) is 46.0 Å². The van der Waals surface area contributed by atoms with E-state index in [1.54, 1.807) is 0 Å². The predicted octanol–water partition coefficient (Wildman–Crippen LogP) is -1.83. The van der Waals surface area contributed by atoms with Gasteiger partial charge in [-0.25, -0.2) is 8.42 Å². The van der Waals surface area contributed by atoms with Crippen LogP contribution in [0.25, 0.3) is 0 Å². The van der Waals surface area contributed by atoms with Gasteiger partial charge in [0.05, 0.1) is 6.10 Å². The molecule has 0 heterocycles. The molecule has 0 saturated heterocycles. The van der Waals surface area contributed by atoms with Crippen molar-refractivity contribution in [2.24, 2.45) is 0 Å². The van der Waals surface area contributed by atoms with E-state index in [1.807, 2.05) is 6.92 Å². The maximum absolute atomic E-state index is 10.3. The van der Waals surface area contributed by atoms with Crippen molar-refractivity contribution in [3.63, 3.8) is 0 Å². The Bertz CT molecular complexity index is 383. The molecule has 0 saturated carbocycles. The normalized spacial score (nSPS) is 12.9. The zero-order chi connectivity index (χ0) is 14.8. The van der Waals surface area contributed by atoms with Crippen LogP contribution in [0.3, 0.4) is 0 Å². The molecule has 19 heavy (non-hydrogen) atoms. The van der Waals surface area contributed by atoms with Gasteiger partial charge in [-0.3, -0.25) is 13.3 Å². The van der Waals surface area contributed by atoms with Crippen LogP contribution in [0.2, 0.25) is 0 Å². The molecular weight excluding hydrogens is 311 g/mol. The van der Waals surface area contributed by atoms with Crippen LogP contribution in [-0.4, -0.2) is 36.6 Å². The van der Waals surface area contributed by atoms with Crippen LogP contribution in [0.4, 0.5) is 0 Å². The van der Waals surface area contributed by atoms with Gasteiger partial charge in [0.15, 0.2) is 0 Å². The Morgan fingerprint density at radius 1 is 1.11 bits per heavy atom. The monoisotopic (exact) mass is 330 g/mol. The van der Waals surface area contributed by atoms with E-state index in [9.17, 15) is 13.0 Å². The Morgan fingerprint density at radius 3 is 1.79 bits per heavy atom. The van der Waals surface area contributed by atoms with Crippen molar-refractivity contribution in [2.75, 3.05) is 0 Å². The van der Waals surface area contributed by atoms with E-state index in [0.717, 1.165) is 19.3 Å². The van der Waals surface area contributed by atoms with E-state index < -0.39 is 26.9 Å². The molecular formula is C8H19NaO8S2. The van der Waals surface area contributed by atoms with Gasteiger partial charge in [0.1, 0.15) is 0 Å². The fraction of sp³-hybridized carbons (Fsp3) is 1.00. The minimum Gasteiger partial charge on any atom is -0.726 e. The average molecular weight is 330 g/mol. The third-order valence-corrected chi connectivity index (χ3v) is 2.35. The Labute approximate surface area is 136 Å². The van der Waals surface area contributed by atoms with Crippen LogP contribution in [-0.2, 0) is 25.0 Å². The Hall–Kier alpha value is 0.740. The average Bonchev–Trinajstić information content (AvgIpc) is 2.12. The third-order valence-electron chi connectivity index (χ3n) is 1.84. The maximum Gasteiger partial charge on any atom is 1.00 e. The first kappa shape index (κ1) is 24.7. The first-order valence-electron chi connectivity index (χ1n) is 5.33. The van der Waals surface area contributed by atoms with Crippen molar-refractivity contribution < 1.29 is 64.2 Å². The van der Waals surface area contributed by atoms with Gasteiger partial charge < -0.3 is 4.55 Å². The number of hydrogen-bond acceptors (Lipinski definition) is 6. The minimum atomic E-state index is -4.67. The van der Waals surface area contributed by atoms with Gasteiger partial charge in [-0.2, -0.15) is 8.42 Å². The van der Waals surface area contributed by atoms with Gasteiger partial charge in [0.25, 0.3) is 0 Å². The Morgan fingerprint density at radius 2 is 1.53 bits per heavy atom. The molecule has 0 aliphatic carbocycles. The molecule has 0 aromatic rings. The topological polar surface area (TPSA) is 141 Å². The van der Waals surface area contributed by atoms with E-state index in [2.05, 4.69) is 11.1 Å². The van der Waals surface area contributed by atoms with Crippen LogP contribution < -0.4 is 29.6 Å². The molecule has 0 aliphatic heterocycles. The second-order valence-corrected chi connectivity index (χ2v) is 5.38. The predicted molar refractivity (Wildman–Crippen MR) is 63.2 cm³/mol. The summed E-state index contributed by atoms with van der Waals surface area (Å²) >= 11 is 0. The van der Waals surface area contributed by atoms with E-state index >= 15 is 0 Å². The van der Waals surface area contributed by atoms with E-state index in [4.69, 9.17) is 17.5 Å². The Balaban J connectivity index is -0.000000366. The van der Waals surface area contributed by atoms with Crippen LogP contribution in [0.5, 0.6) is 0 Å². The molecule has 1 atom stereocenters. The SMILES string of the molecule is CCCCCC(CC)OS(=O)(=O)[O-].O=S(=O)(O)O.[Na+]. The van der Waals surface area contributed by atoms with Gasteiger partial charge >= 0.3 is 40.0 Å². The zero-order valence-corrected chi connectivity index (χ0v) is 14.9. The smallest absolute Gasteiger partial charge is 0.726 e. The van der Waals surface area contributed by atoms with Gasteiger partial charge in [0, 0.05) is 0 Å². The van der Waals surface area contributed by atoms with E-state index in [0.29, 0.717) is 12.8 Å². The summed E-state index contributed by atoms with van der Waals surface area (Å²) in [6.45, 7) is 3.87. The van der Waals surface area contributed by atoms with Gasteiger partial charge in [-0.15, -0.1) is 0 Å². The molecule has 2 N–H and O–H groups in total. The third kappa shape index (κ3) is 32.4. The largest absolute Gasteiger partial charge is 1.00 e. The van der Waals surface area contributed by atoms with Crippen molar-refractivity contribution in [3.8, 4) is 0 Å². The molecule has 112 valence electrons. The summed E-state index contributed by atoms with van der Waals surface area (Å²) in [6.07, 6.45) is 3.79. The van der Waals surface area contributed by atoms with Crippen molar-refractivity contribution in [2.45, 2.75) is 52.1 Å². The summed E-state index contributed by atoms with van der Waals surface area (Å²) in [5.41, 5.74) is 0. The van der Waals surface area contributed by atoms with Crippen molar-refractivity contribution in [1.29, 1.82) is 0 Å². The maximum atomic E-state index is 10.3.